The zero-order valence-electron chi connectivity index (χ0n) is 14.0. The number of amides is 1. The number of rotatable bonds is 6. The number of anilines is 1. The molecule has 1 amide bonds. The first-order valence-corrected chi connectivity index (χ1v) is 8.72. The van der Waals surface area contributed by atoms with Crippen LogP contribution in [0.3, 0.4) is 0 Å². The minimum atomic E-state index is -0.133. The van der Waals surface area contributed by atoms with Gasteiger partial charge in [0, 0.05) is 11.0 Å². The third-order valence-electron chi connectivity index (χ3n) is 3.56. The summed E-state index contributed by atoms with van der Waals surface area (Å²) < 4.78 is 21.5. The number of methoxy groups -OCH3 is 2. The van der Waals surface area contributed by atoms with Gasteiger partial charge in [0.1, 0.15) is 24.7 Å². The first kappa shape index (κ1) is 17.3. The Morgan fingerprint density at radius 2 is 1.88 bits per heavy atom. The van der Waals surface area contributed by atoms with Crippen LogP contribution in [0.2, 0.25) is 0 Å². The van der Waals surface area contributed by atoms with E-state index < -0.39 is 0 Å². The molecule has 3 rings (SSSR count). The van der Waals surface area contributed by atoms with Crippen LogP contribution in [0.5, 0.6) is 23.0 Å². The van der Waals surface area contributed by atoms with Gasteiger partial charge in [-0.1, -0.05) is 0 Å². The summed E-state index contributed by atoms with van der Waals surface area (Å²) in [5, 5.41) is 2.85. The maximum Gasteiger partial charge on any atom is 0.234 e. The number of thioether (sulfide) groups is 1. The van der Waals surface area contributed by atoms with Crippen LogP contribution in [0.1, 0.15) is 0 Å². The summed E-state index contributed by atoms with van der Waals surface area (Å²) in [5.41, 5.74) is 0.578. The highest BCUT2D eigenvalue weighted by Gasteiger charge is 2.13. The van der Waals surface area contributed by atoms with Crippen LogP contribution in [0, 0.1) is 0 Å². The number of benzene rings is 2. The Labute approximate surface area is 150 Å². The highest BCUT2D eigenvalue weighted by Crippen LogP contribution is 2.34. The molecule has 2 aromatic carbocycles. The third kappa shape index (κ3) is 4.30. The smallest absolute Gasteiger partial charge is 0.234 e. The normalized spacial score (nSPS) is 12.4. The quantitative estimate of drug-likeness (QED) is 0.797. The molecule has 0 radical (unpaired) electrons. The predicted octanol–water partition coefficient (Wildman–Crippen LogP) is 3.21. The zero-order chi connectivity index (χ0) is 17.6. The van der Waals surface area contributed by atoms with Gasteiger partial charge in [0.05, 0.1) is 25.7 Å². The van der Waals surface area contributed by atoms with E-state index in [0.29, 0.717) is 36.1 Å². The van der Waals surface area contributed by atoms with Crippen molar-refractivity contribution >= 4 is 23.4 Å². The van der Waals surface area contributed by atoms with Gasteiger partial charge in [0.15, 0.2) is 11.5 Å². The van der Waals surface area contributed by atoms with Crippen LogP contribution in [0.4, 0.5) is 5.69 Å². The molecule has 0 aliphatic carbocycles. The van der Waals surface area contributed by atoms with Crippen molar-refractivity contribution < 1.29 is 23.7 Å². The van der Waals surface area contributed by atoms with Gasteiger partial charge in [-0.15, -0.1) is 11.8 Å². The molecule has 6 nitrogen and oxygen atoms in total. The second-order valence-corrected chi connectivity index (χ2v) is 6.26. The molecular formula is C18H19NO5S. The largest absolute Gasteiger partial charge is 0.497 e. The number of carbonyl (C=O) groups is 1. The van der Waals surface area contributed by atoms with E-state index in [1.807, 2.05) is 18.2 Å². The lowest BCUT2D eigenvalue weighted by atomic mass is 10.2. The predicted molar refractivity (Wildman–Crippen MR) is 96.3 cm³/mol. The number of ether oxygens (including phenoxy) is 4. The molecule has 132 valence electrons. The molecule has 0 aromatic heterocycles. The molecule has 7 heteroatoms. The van der Waals surface area contributed by atoms with Gasteiger partial charge < -0.3 is 24.3 Å². The molecule has 1 N–H and O–H groups in total. The summed E-state index contributed by atoms with van der Waals surface area (Å²) in [7, 11) is 3.13. The second-order valence-electron chi connectivity index (χ2n) is 5.21. The third-order valence-corrected chi connectivity index (χ3v) is 4.56. The summed E-state index contributed by atoms with van der Waals surface area (Å²) in [6, 6.07) is 10.9. The van der Waals surface area contributed by atoms with Gasteiger partial charge in [0.25, 0.3) is 0 Å². The maximum atomic E-state index is 12.3. The van der Waals surface area contributed by atoms with Crippen LogP contribution in [0.25, 0.3) is 0 Å². The fourth-order valence-corrected chi connectivity index (χ4v) is 3.08. The Bertz CT molecular complexity index is 765. The fraction of sp³-hybridized carbons (Fsp3) is 0.278. The van der Waals surface area contributed by atoms with E-state index in [2.05, 4.69) is 5.32 Å². The van der Waals surface area contributed by atoms with Crippen molar-refractivity contribution in [2.75, 3.05) is 38.5 Å². The number of hydrogen-bond donors (Lipinski definition) is 1. The first-order valence-electron chi connectivity index (χ1n) is 7.74. The van der Waals surface area contributed by atoms with Crippen molar-refractivity contribution in [2.45, 2.75) is 4.90 Å². The molecule has 0 bridgehead atoms. The number of hydrogen-bond acceptors (Lipinski definition) is 6. The Balaban J connectivity index is 1.61. The van der Waals surface area contributed by atoms with E-state index in [-0.39, 0.29) is 11.7 Å². The monoisotopic (exact) mass is 361 g/mol. The Morgan fingerprint density at radius 1 is 1.08 bits per heavy atom. The average Bonchev–Trinajstić information content (AvgIpc) is 2.66. The zero-order valence-corrected chi connectivity index (χ0v) is 14.9. The molecule has 25 heavy (non-hydrogen) atoms. The molecule has 0 unspecified atom stereocenters. The van der Waals surface area contributed by atoms with Crippen molar-refractivity contribution in [3.8, 4) is 23.0 Å². The van der Waals surface area contributed by atoms with E-state index in [0.717, 1.165) is 10.6 Å². The van der Waals surface area contributed by atoms with Crippen LogP contribution in [0.15, 0.2) is 41.3 Å². The van der Waals surface area contributed by atoms with Crippen LogP contribution < -0.4 is 24.3 Å². The molecule has 1 heterocycles. The molecular weight excluding hydrogens is 342 g/mol. The van der Waals surface area contributed by atoms with Crippen molar-refractivity contribution in [1.82, 2.24) is 0 Å². The average molecular weight is 361 g/mol. The highest BCUT2D eigenvalue weighted by molar-refractivity contribution is 8.00. The Hall–Kier alpha value is -2.54. The number of nitrogens with one attached hydrogen (secondary N) is 1. The number of carbonyl (C=O) groups excluding carboxylic acids is 1. The number of fused-ring (bicyclic) bond motifs is 1. The van der Waals surface area contributed by atoms with E-state index in [1.54, 1.807) is 32.4 Å². The van der Waals surface area contributed by atoms with E-state index in [1.165, 1.54) is 11.8 Å². The topological polar surface area (TPSA) is 66.0 Å². The van der Waals surface area contributed by atoms with Crippen molar-refractivity contribution in [2.24, 2.45) is 0 Å². The molecule has 2 aromatic rings. The van der Waals surface area contributed by atoms with Crippen molar-refractivity contribution in [3.05, 3.63) is 36.4 Å². The second kappa shape index (κ2) is 8.02. The van der Waals surface area contributed by atoms with Crippen molar-refractivity contribution in [3.63, 3.8) is 0 Å². The van der Waals surface area contributed by atoms with Gasteiger partial charge in [-0.25, -0.2) is 0 Å². The van der Waals surface area contributed by atoms with E-state index in [9.17, 15) is 4.79 Å². The van der Waals surface area contributed by atoms with Gasteiger partial charge in [-0.3, -0.25) is 4.79 Å². The standard InChI is InChI=1S/C18H19NO5S/c1-21-12-3-5-15(22-2)14(9-12)19-18(20)11-25-13-4-6-16-17(10-13)24-8-7-23-16/h3-6,9-10H,7-8,11H2,1-2H3,(H,19,20). The van der Waals surface area contributed by atoms with Crippen molar-refractivity contribution in [1.29, 1.82) is 0 Å². The van der Waals surface area contributed by atoms with Gasteiger partial charge in [-0.05, 0) is 30.3 Å². The highest BCUT2D eigenvalue weighted by atomic mass is 32.2. The SMILES string of the molecule is COc1ccc(OC)c(NC(=O)CSc2ccc3c(c2)OCCO3)c1. The summed E-state index contributed by atoms with van der Waals surface area (Å²) in [6.45, 7) is 1.10. The van der Waals surface area contributed by atoms with E-state index in [4.69, 9.17) is 18.9 Å². The molecule has 0 spiro atoms. The summed E-state index contributed by atoms with van der Waals surface area (Å²) in [6.07, 6.45) is 0. The lowest BCUT2D eigenvalue weighted by Gasteiger charge is -2.18. The van der Waals surface area contributed by atoms with E-state index >= 15 is 0 Å². The lowest BCUT2D eigenvalue weighted by Crippen LogP contribution is -2.16. The molecule has 1 aliphatic rings. The van der Waals surface area contributed by atoms with Crippen LogP contribution >= 0.6 is 11.8 Å². The first-order chi connectivity index (χ1) is 12.2. The molecule has 0 saturated carbocycles. The lowest BCUT2D eigenvalue weighted by molar-refractivity contribution is -0.113. The summed E-state index contributed by atoms with van der Waals surface area (Å²) in [5.74, 6) is 2.81. The van der Waals surface area contributed by atoms with Gasteiger partial charge >= 0.3 is 0 Å². The Morgan fingerprint density at radius 3 is 2.64 bits per heavy atom. The van der Waals surface area contributed by atoms with Gasteiger partial charge in [0.2, 0.25) is 5.91 Å². The minimum Gasteiger partial charge on any atom is -0.497 e. The molecule has 0 atom stereocenters. The fourth-order valence-electron chi connectivity index (χ4n) is 2.36. The van der Waals surface area contributed by atoms with Crippen LogP contribution in [-0.4, -0.2) is 39.1 Å². The summed E-state index contributed by atoms with van der Waals surface area (Å²) in [4.78, 5) is 13.2. The van der Waals surface area contributed by atoms with Gasteiger partial charge in [-0.2, -0.15) is 0 Å². The molecule has 1 aliphatic heterocycles. The maximum absolute atomic E-state index is 12.3. The molecule has 0 fully saturated rings. The Kier molecular flexibility index (Phi) is 5.55. The summed E-state index contributed by atoms with van der Waals surface area (Å²) >= 11 is 1.42. The molecule has 0 saturated heterocycles. The minimum absolute atomic E-state index is 0.133. The van der Waals surface area contributed by atoms with Crippen LogP contribution in [-0.2, 0) is 4.79 Å².